The second-order valence-electron chi connectivity index (χ2n) is 6.49. The van der Waals surface area contributed by atoms with Crippen LogP contribution in [0.1, 0.15) is 30.1 Å². The summed E-state index contributed by atoms with van der Waals surface area (Å²) in [6, 6.07) is 11.9. The standard InChI is InChI=1S/C20H22N2O4S2/c1-4-5-11-26-15-8-6-7-14(12-15)19(23)21-20-22(2)17-10-9-16(28(3,24)25)13-18(17)27-20/h6-10,12-13H,4-5,11H2,1-3H3. The van der Waals surface area contributed by atoms with E-state index < -0.39 is 9.84 Å². The Balaban J connectivity index is 1.94. The van der Waals surface area contributed by atoms with Crippen LogP contribution in [0.25, 0.3) is 10.2 Å². The third kappa shape index (κ3) is 4.51. The quantitative estimate of drug-likeness (QED) is 0.574. The van der Waals surface area contributed by atoms with Crippen molar-refractivity contribution in [3.05, 3.63) is 52.8 Å². The first kappa shape index (κ1) is 20.3. The van der Waals surface area contributed by atoms with Crippen molar-refractivity contribution < 1.29 is 17.9 Å². The van der Waals surface area contributed by atoms with Gasteiger partial charge in [-0.3, -0.25) is 4.79 Å². The monoisotopic (exact) mass is 418 g/mol. The summed E-state index contributed by atoms with van der Waals surface area (Å²) in [5, 5.41) is 0. The predicted octanol–water partition coefficient (Wildman–Crippen LogP) is 3.56. The Labute approximate surface area is 168 Å². The Hall–Kier alpha value is -2.45. The molecule has 3 aromatic rings. The molecule has 0 bridgehead atoms. The lowest BCUT2D eigenvalue weighted by atomic mass is 10.2. The maximum absolute atomic E-state index is 12.6. The van der Waals surface area contributed by atoms with Gasteiger partial charge in [0.05, 0.1) is 21.7 Å². The van der Waals surface area contributed by atoms with Crippen molar-refractivity contribution in [1.82, 2.24) is 4.57 Å². The molecule has 0 spiro atoms. The van der Waals surface area contributed by atoms with E-state index >= 15 is 0 Å². The Morgan fingerprint density at radius 2 is 2.00 bits per heavy atom. The van der Waals surface area contributed by atoms with Crippen LogP contribution >= 0.6 is 11.3 Å². The van der Waals surface area contributed by atoms with Crippen LogP contribution in [-0.2, 0) is 16.9 Å². The van der Waals surface area contributed by atoms with Crippen LogP contribution in [-0.4, -0.2) is 31.8 Å². The van der Waals surface area contributed by atoms with Crippen molar-refractivity contribution in [2.45, 2.75) is 24.7 Å². The van der Waals surface area contributed by atoms with Crippen LogP contribution in [0, 0.1) is 0 Å². The van der Waals surface area contributed by atoms with E-state index in [1.54, 1.807) is 48.0 Å². The van der Waals surface area contributed by atoms with Crippen molar-refractivity contribution in [1.29, 1.82) is 0 Å². The van der Waals surface area contributed by atoms with Gasteiger partial charge in [-0.15, -0.1) is 0 Å². The molecule has 0 unspecified atom stereocenters. The number of sulfone groups is 1. The molecular formula is C20H22N2O4S2. The second-order valence-corrected chi connectivity index (χ2v) is 9.52. The van der Waals surface area contributed by atoms with E-state index in [1.807, 2.05) is 6.07 Å². The molecule has 0 N–H and O–H groups in total. The summed E-state index contributed by atoms with van der Waals surface area (Å²) in [5.74, 6) is 0.277. The molecule has 28 heavy (non-hydrogen) atoms. The van der Waals surface area contributed by atoms with E-state index in [4.69, 9.17) is 4.74 Å². The minimum Gasteiger partial charge on any atom is -0.494 e. The summed E-state index contributed by atoms with van der Waals surface area (Å²) in [6.07, 6.45) is 3.17. The zero-order valence-corrected chi connectivity index (χ0v) is 17.6. The molecule has 6 nitrogen and oxygen atoms in total. The lowest BCUT2D eigenvalue weighted by molar-refractivity contribution is 0.0997. The predicted molar refractivity (Wildman–Crippen MR) is 111 cm³/mol. The van der Waals surface area contributed by atoms with Crippen molar-refractivity contribution in [2.24, 2.45) is 12.0 Å². The fourth-order valence-corrected chi connectivity index (χ4v) is 4.43. The molecule has 0 aliphatic rings. The van der Waals surface area contributed by atoms with Gasteiger partial charge in [0, 0.05) is 18.9 Å². The number of thiazole rings is 1. The highest BCUT2D eigenvalue weighted by molar-refractivity contribution is 7.90. The molecule has 1 amide bonds. The number of rotatable bonds is 6. The Morgan fingerprint density at radius 1 is 1.21 bits per heavy atom. The minimum absolute atomic E-state index is 0.247. The first-order valence-electron chi connectivity index (χ1n) is 8.91. The summed E-state index contributed by atoms with van der Waals surface area (Å²) in [7, 11) is -1.49. The van der Waals surface area contributed by atoms with Gasteiger partial charge in [-0.25, -0.2) is 8.42 Å². The van der Waals surface area contributed by atoms with Gasteiger partial charge in [0.25, 0.3) is 5.91 Å². The fourth-order valence-electron chi connectivity index (χ4n) is 2.66. The Bertz CT molecular complexity index is 1190. The molecule has 0 atom stereocenters. The Kier molecular flexibility index (Phi) is 6.00. The fraction of sp³-hybridized carbons (Fsp3) is 0.300. The van der Waals surface area contributed by atoms with Gasteiger partial charge in [-0.05, 0) is 42.8 Å². The second kappa shape index (κ2) is 8.28. The lowest BCUT2D eigenvalue weighted by Gasteiger charge is -2.05. The van der Waals surface area contributed by atoms with Gasteiger partial charge >= 0.3 is 0 Å². The number of amides is 1. The molecule has 0 saturated carbocycles. The average molecular weight is 419 g/mol. The van der Waals surface area contributed by atoms with Crippen LogP contribution in [0.3, 0.4) is 0 Å². The van der Waals surface area contributed by atoms with Crippen LogP contribution in [0.4, 0.5) is 0 Å². The number of ether oxygens (including phenoxy) is 1. The number of benzene rings is 2. The summed E-state index contributed by atoms with van der Waals surface area (Å²) in [4.78, 5) is 17.6. The van der Waals surface area contributed by atoms with Crippen LogP contribution in [0.5, 0.6) is 5.75 Å². The number of aryl methyl sites for hydroxylation is 1. The number of hydrogen-bond acceptors (Lipinski definition) is 5. The molecule has 0 radical (unpaired) electrons. The summed E-state index contributed by atoms with van der Waals surface area (Å²) in [5.41, 5.74) is 1.27. The smallest absolute Gasteiger partial charge is 0.279 e. The zero-order valence-electron chi connectivity index (χ0n) is 16.0. The molecule has 0 aliphatic heterocycles. The van der Waals surface area contributed by atoms with Gasteiger partial charge in [0.1, 0.15) is 5.75 Å². The largest absolute Gasteiger partial charge is 0.494 e. The van der Waals surface area contributed by atoms with E-state index in [0.717, 1.165) is 23.1 Å². The van der Waals surface area contributed by atoms with Crippen LogP contribution < -0.4 is 9.54 Å². The van der Waals surface area contributed by atoms with E-state index in [2.05, 4.69) is 11.9 Å². The van der Waals surface area contributed by atoms with Gasteiger partial charge in [-0.1, -0.05) is 30.7 Å². The van der Waals surface area contributed by atoms with Gasteiger partial charge in [0.15, 0.2) is 14.6 Å². The molecule has 1 heterocycles. The molecule has 8 heteroatoms. The third-order valence-electron chi connectivity index (χ3n) is 4.25. The molecule has 0 aliphatic carbocycles. The van der Waals surface area contributed by atoms with Crippen molar-refractivity contribution >= 4 is 37.3 Å². The first-order valence-corrected chi connectivity index (χ1v) is 11.6. The van der Waals surface area contributed by atoms with Crippen molar-refractivity contribution in [3.63, 3.8) is 0 Å². The highest BCUT2D eigenvalue weighted by Gasteiger charge is 2.12. The molecule has 0 saturated heterocycles. The van der Waals surface area contributed by atoms with E-state index in [0.29, 0.717) is 22.7 Å². The lowest BCUT2D eigenvalue weighted by Crippen LogP contribution is -2.13. The Morgan fingerprint density at radius 3 is 2.71 bits per heavy atom. The topological polar surface area (TPSA) is 77.7 Å². The van der Waals surface area contributed by atoms with Gasteiger partial charge in [-0.2, -0.15) is 4.99 Å². The van der Waals surface area contributed by atoms with E-state index in [1.165, 1.54) is 17.6 Å². The van der Waals surface area contributed by atoms with Gasteiger partial charge in [0.2, 0.25) is 0 Å². The van der Waals surface area contributed by atoms with Crippen LogP contribution in [0.2, 0.25) is 0 Å². The summed E-state index contributed by atoms with van der Waals surface area (Å²) >= 11 is 1.28. The number of fused-ring (bicyclic) bond motifs is 1. The molecule has 148 valence electrons. The molecule has 0 fully saturated rings. The normalized spacial score (nSPS) is 12.5. The highest BCUT2D eigenvalue weighted by Crippen LogP contribution is 2.21. The minimum atomic E-state index is -3.29. The number of nitrogens with zero attached hydrogens (tertiary/aromatic N) is 2. The maximum atomic E-state index is 12.6. The number of unbranched alkanes of at least 4 members (excludes halogenated alkanes) is 1. The van der Waals surface area contributed by atoms with E-state index in [-0.39, 0.29) is 10.8 Å². The number of carbonyl (C=O) groups is 1. The first-order chi connectivity index (χ1) is 13.3. The van der Waals surface area contributed by atoms with Crippen LogP contribution in [0.15, 0.2) is 52.4 Å². The van der Waals surface area contributed by atoms with Crippen molar-refractivity contribution in [3.8, 4) is 5.75 Å². The number of carbonyl (C=O) groups excluding carboxylic acids is 1. The highest BCUT2D eigenvalue weighted by atomic mass is 32.2. The summed E-state index contributed by atoms with van der Waals surface area (Å²) < 4.78 is 31.7. The summed E-state index contributed by atoms with van der Waals surface area (Å²) in [6.45, 7) is 2.70. The maximum Gasteiger partial charge on any atom is 0.279 e. The number of aromatic nitrogens is 1. The molecule has 2 aromatic carbocycles. The third-order valence-corrected chi connectivity index (χ3v) is 6.46. The molecule has 1 aromatic heterocycles. The molecular weight excluding hydrogens is 396 g/mol. The average Bonchev–Trinajstić information content (AvgIpc) is 2.96. The SMILES string of the molecule is CCCCOc1cccc(C(=O)N=c2sc3cc(S(C)(=O)=O)ccc3n2C)c1. The van der Waals surface area contributed by atoms with Gasteiger partial charge < -0.3 is 9.30 Å². The number of hydrogen-bond donors (Lipinski definition) is 0. The molecule has 3 rings (SSSR count). The van der Waals surface area contributed by atoms with Crippen molar-refractivity contribution in [2.75, 3.05) is 12.9 Å². The zero-order chi connectivity index (χ0) is 20.3. The van der Waals surface area contributed by atoms with E-state index in [9.17, 15) is 13.2 Å².